The lowest BCUT2D eigenvalue weighted by Gasteiger charge is -2.24. The average Bonchev–Trinajstić information content (AvgIpc) is 2.86. The van der Waals surface area contributed by atoms with E-state index in [1.54, 1.807) is 30.3 Å². The summed E-state index contributed by atoms with van der Waals surface area (Å²) >= 11 is 0. The molecule has 2 atom stereocenters. The Morgan fingerprint density at radius 2 is 1.53 bits per heavy atom. The van der Waals surface area contributed by atoms with Crippen LogP contribution in [0.15, 0.2) is 30.3 Å². The van der Waals surface area contributed by atoms with Gasteiger partial charge in [0, 0.05) is 17.8 Å². The number of nitro groups is 1. The number of hydrogen-bond donors (Lipinski definition) is 0. The number of rotatable bonds is 13. The normalized spacial score (nSPS) is 13.2. The molecule has 34 heavy (non-hydrogen) atoms. The van der Waals surface area contributed by atoms with E-state index in [0.717, 1.165) is 5.56 Å². The van der Waals surface area contributed by atoms with E-state index < -0.39 is 11.5 Å². The van der Waals surface area contributed by atoms with Crippen LogP contribution >= 0.6 is 0 Å². The molecule has 0 fully saturated rings. The minimum atomic E-state index is -0.892. The summed E-state index contributed by atoms with van der Waals surface area (Å²) in [6.07, 6.45) is 1.49. The van der Waals surface area contributed by atoms with E-state index in [9.17, 15) is 15.4 Å². The quantitative estimate of drug-likeness (QED) is 0.308. The van der Waals surface area contributed by atoms with Gasteiger partial charge in [-0.3, -0.25) is 10.1 Å². The van der Waals surface area contributed by atoms with E-state index in [-0.39, 0.29) is 11.3 Å². The molecule has 0 aliphatic heterocycles. The van der Waals surface area contributed by atoms with Gasteiger partial charge in [-0.1, -0.05) is 6.07 Å². The van der Waals surface area contributed by atoms with Crippen LogP contribution in [0, 0.1) is 21.4 Å². The van der Waals surface area contributed by atoms with Gasteiger partial charge in [0.05, 0.1) is 47.0 Å². The molecule has 0 saturated carbocycles. The van der Waals surface area contributed by atoms with Gasteiger partial charge in [0.1, 0.15) is 0 Å². The molecule has 0 spiro atoms. The third-order valence-corrected chi connectivity index (χ3v) is 5.98. The predicted molar refractivity (Wildman–Crippen MR) is 127 cm³/mol. The molecule has 0 aromatic heterocycles. The second-order valence-electron chi connectivity index (χ2n) is 8.08. The van der Waals surface area contributed by atoms with Crippen LogP contribution < -0.4 is 23.7 Å². The van der Waals surface area contributed by atoms with Crippen molar-refractivity contribution in [2.24, 2.45) is 0 Å². The van der Waals surface area contributed by atoms with Crippen LogP contribution in [0.4, 0.5) is 0 Å². The first kappa shape index (κ1) is 26.6. The zero-order valence-corrected chi connectivity index (χ0v) is 20.5. The molecule has 0 bridgehead atoms. The summed E-state index contributed by atoms with van der Waals surface area (Å²) in [6, 6.07) is 10.4. The van der Waals surface area contributed by atoms with Crippen LogP contribution in [-0.2, 0) is 11.8 Å². The molecular weight excluding hydrogens is 440 g/mol. The number of nitriles is 1. The highest BCUT2D eigenvalue weighted by atomic mass is 16.6. The average molecular weight is 473 g/mol. The van der Waals surface area contributed by atoms with E-state index in [1.807, 2.05) is 6.92 Å². The smallest absolute Gasteiger partial charge is 0.217 e. The zero-order chi connectivity index (χ0) is 25.3. The molecule has 0 amide bonds. The molecule has 2 rings (SSSR count). The van der Waals surface area contributed by atoms with Crippen LogP contribution in [0.3, 0.4) is 0 Å². The third kappa shape index (κ3) is 6.01. The fraction of sp³-hybridized carbons (Fsp3) is 0.480. The summed E-state index contributed by atoms with van der Waals surface area (Å²) in [5, 5.41) is 21.7. The topological polar surface area (TPSA) is 113 Å². The summed E-state index contributed by atoms with van der Waals surface area (Å²) in [5.41, 5.74) is 0.589. The van der Waals surface area contributed by atoms with Gasteiger partial charge in [0.15, 0.2) is 23.0 Å². The highest BCUT2D eigenvalue weighted by Crippen LogP contribution is 2.42. The van der Waals surface area contributed by atoms with Gasteiger partial charge in [-0.2, -0.15) is 5.26 Å². The van der Waals surface area contributed by atoms with E-state index >= 15 is 0 Å². The minimum absolute atomic E-state index is 0.251. The van der Waals surface area contributed by atoms with Gasteiger partial charge < -0.3 is 23.7 Å². The summed E-state index contributed by atoms with van der Waals surface area (Å²) < 4.78 is 26.7. The molecule has 0 radical (unpaired) electrons. The minimum Gasteiger partial charge on any atom is -0.493 e. The molecule has 0 saturated heterocycles. The van der Waals surface area contributed by atoms with Crippen molar-refractivity contribution in [3.05, 3.63) is 51.6 Å². The number of methoxy groups -OCH3 is 5. The SMILES string of the molecule is COc1ccc(CC(CCCC(C)(C#N)c2cc(OC)c(OC)c(OC)c2)[N+](=O)[O-])cc1OC. The number of ether oxygens (including phenoxy) is 5. The van der Waals surface area contributed by atoms with Crippen molar-refractivity contribution in [3.63, 3.8) is 0 Å². The van der Waals surface area contributed by atoms with Crippen molar-refractivity contribution < 1.29 is 28.6 Å². The summed E-state index contributed by atoms with van der Waals surface area (Å²) in [7, 11) is 7.61. The van der Waals surface area contributed by atoms with Crippen molar-refractivity contribution in [2.75, 3.05) is 35.5 Å². The van der Waals surface area contributed by atoms with Crippen molar-refractivity contribution in [1.82, 2.24) is 0 Å². The van der Waals surface area contributed by atoms with Crippen molar-refractivity contribution in [2.45, 2.75) is 44.1 Å². The fourth-order valence-corrected chi connectivity index (χ4v) is 3.92. The summed E-state index contributed by atoms with van der Waals surface area (Å²) in [6.45, 7) is 1.81. The standard InChI is InChI=1S/C25H32N2O7/c1-25(16-26,18-14-22(32-4)24(34-6)23(15-18)33-5)11-7-8-19(27(28)29)12-17-9-10-20(30-2)21(13-17)31-3/h9-10,13-15,19H,7-8,11-12H2,1-6H3. The maximum atomic E-state index is 11.8. The first-order chi connectivity index (χ1) is 16.3. The van der Waals surface area contributed by atoms with Crippen LogP contribution in [0.2, 0.25) is 0 Å². The second-order valence-corrected chi connectivity index (χ2v) is 8.08. The van der Waals surface area contributed by atoms with Crippen LogP contribution in [0.5, 0.6) is 28.7 Å². The van der Waals surface area contributed by atoms with Gasteiger partial charge in [0.2, 0.25) is 11.8 Å². The molecule has 0 heterocycles. The Morgan fingerprint density at radius 1 is 0.941 bits per heavy atom. The lowest BCUT2D eigenvalue weighted by molar-refractivity contribution is -0.523. The molecule has 9 heteroatoms. The van der Waals surface area contributed by atoms with Gasteiger partial charge >= 0.3 is 0 Å². The monoisotopic (exact) mass is 472 g/mol. The molecular formula is C25H32N2O7. The Kier molecular flexibility index (Phi) is 9.36. The first-order valence-electron chi connectivity index (χ1n) is 10.8. The van der Waals surface area contributed by atoms with Gasteiger partial charge in [-0.15, -0.1) is 0 Å². The number of benzene rings is 2. The van der Waals surface area contributed by atoms with Gasteiger partial charge in [-0.25, -0.2) is 0 Å². The van der Waals surface area contributed by atoms with E-state index in [4.69, 9.17) is 23.7 Å². The van der Waals surface area contributed by atoms with Gasteiger partial charge in [-0.05, 0) is 55.2 Å². The predicted octanol–water partition coefficient (Wildman–Crippen LogP) is 4.57. The highest BCUT2D eigenvalue weighted by molar-refractivity contribution is 5.56. The Balaban J connectivity index is 2.18. The molecule has 9 nitrogen and oxygen atoms in total. The largest absolute Gasteiger partial charge is 0.493 e. The van der Waals surface area contributed by atoms with E-state index in [1.165, 1.54) is 35.5 Å². The Bertz CT molecular complexity index is 1010. The summed E-state index contributed by atoms with van der Waals surface area (Å²) in [4.78, 5) is 11.5. The Morgan fingerprint density at radius 3 is 2.00 bits per heavy atom. The Hall–Kier alpha value is -3.67. The fourth-order valence-electron chi connectivity index (χ4n) is 3.92. The zero-order valence-electron chi connectivity index (χ0n) is 20.5. The molecule has 2 aromatic rings. The molecule has 184 valence electrons. The van der Waals surface area contributed by atoms with E-state index in [0.29, 0.717) is 53.6 Å². The lowest BCUT2D eigenvalue weighted by Crippen LogP contribution is -2.25. The summed E-state index contributed by atoms with van der Waals surface area (Å²) in [5.74, 6) is 2.45. The maximum absolute atomic E-state index is 11.8. The number of nitrogens with zero attached hydrogens (tertiary/aromatic N) is 2. The van der Waals surface area contributed by atoms with Crippen LogP contribution in [0.25, 0.3) is 0 Å². The van der Waals surface area contributed by atoms with Crippen molar-refractivity contribution >= 4 is 0 Å². The molecule has 2 unspecified atom stereocenters. The Labute approximate surface area is 200 Å². The third-order valence-electron chi connectivity index (χ3n) is 5.98. The second kappa shape index (κ2) is 12.0. The van der Waals surface area contributed by atoms with Gasteiger partial charge in [0.25, 0.3) is 0 Å². The van der Waals surface area contributed by atoms with Crippen molar-refractivity contribution in [1.29, 1.82) is 5.26 Å². The van der Waals surface area contributed by atoms with E-state index in [2.05, 4.69) is 6.07 Å². The van der Waals surface area contributed by atoms with Crippen molar-refractivity contribution in [3.8, 4) is 34.8 Å². The molecule has 0 aliphatic rings. The highest BCUT2D eigenvalue weighted by Gasteiger charge is 2.31. The first-order valence-corrected chi connectivity index (χ1v) is 10.8. The lowest BCUT2D eigenvalue weighted by atomic mass is 9.78. The molecule has 0 aliphatic carbocycles. The maximum Gasteiger partial charge on any atom is 0.217 e. The van der Waals surface area contributed by atoms with Crippen LogP contribution in [-0.4, -0.2) is 46.5 Å². The molecule has 0 N–H and O–H groups in total. The van der Waals surface area contributed by atoms with Crippen LogP contribution in [0.1, 0.15) is 37.3 Å². The molecule has 2 aromatic carbocycles. The number of hydrogen-bond acceptors (Lipinski definition) is 8.